The Bertz CT molecular complexity index is 1090. The van der Waals surface area contributed by atoms with Gasteiger partial charge in [0, 0.05) is 12.8 Å². The molecule has 0 bridgehead atoms. The van der Waals surface area contributed by atoms with Crippen LogP contribution in [0.3, 0.4) is 0 Å². The van der Waals surface area contributed by atoms with E-state index in [0.717, 1.165) is 51.4 Å². The molecule has 0 saturated carbocycles. The molecule has 9 heteroatoms. The van der Waals surface area contributed by atoms with Crippen LogP contribution >= 0.6 is 0 Å². The largest absolute Gasteiger partial charge is 0.545 e. The molecule has 0 aromatic heterocycles. The molecule has 63 heavy (non-hydrogen) atoms. The molecule has 0 aromatic rings. The van der Waals surface area contributed by atoms with E-state index in [1.165, 1.54) is 161 Å². The van der Waals surface area contributed by atoms with Crippen molar-refractivity contribution in [3.8, 4) is 0 Å². The van der Waals surface area contributed by atoms with Gasteiger partial charge in [0.15, 0.2) is 12.4 Å². The third kappa shape index (κ3) is 47.5. The summed E-state index contributed by atoms with van der Waals surface area (Å²) in [6.07, 6.45) is 49.2. The fourth-order valence-corrected chi connectivity index (χ4v) is 7.57. The third-order valence-corrected chi connectivity index (χ3v) is 11.7. The Hall–Kier alpha value is -2.23. The zero-order valence-corrected chi connectivity index (χ0v) is 42.0. The van der Waals surface area contributed by atoms with E-state index in [2.05, 4.69) is 38.2 Å². The first-order valence-electron chi connectivity index (χ1n) is 26.5. The molecule has 370 valence electrons. The predicted molar refractivity (Wildman–Crippen MR) is 260 cm³/mol. The molecule has 0 spiro atoms. The SMILES string of the molecule is CCCCCC/C=C\C/C=C\CCCCCCCCCC(=O)OC(COC(=O)CCCCCCCCCCCCCCCCCCCCCC)COC(OCC[N+](C)(C)C)C(=O)[O-]. The first kappa shape index (κ1) is 60.8. The fraction of sp³-hybridized carbons (Fsp3) is 0.870. The van der Waals surface area contributed by atoms with Crippen LogP contribution in [-0.2, 0) is 33.3 Å². The van der Waals surface area contributed by atoms with Crippen molar-refractivity contribution in [2.45, 2.75) is 257 Å². The smallest absolute Gasteiger partial charge is 0.306 e. The van der Waals surface area contributed by atoms with Gasteiger partial charge in [-0.3, -0.25) is 9.59 Å². The minimum absolute atomic E-state index is 0.148. The van der Waals surface area contributed by atoms with Gasteiger partial charge in [-0.2, -0.15) is 0 Å². The van der Waals surface area contributed by atoms with Gasteiger partial charge in [0.25, 0.3) is 0 Å². The second-order valence-corrected chi connectivity index (χ2v) is 19.2. The number of hydrogen-bond donors (Lipinski definition) is 0. The number of rotatable bonds is 49. The highest BCUT2D eigenvalue weighted by atomic mass is 16.7. The van der Waals surface area contributed by atoms with Crippen LogP contribution < -0.4 is 5.11 Å². The van der Waals surface area contributed by atoms with Crippen molar-refractivity contribution >= 4 is 17.9 Å². The topological polar surface area (TPSA) is 111 Å². The minimum atomic E-state index is -1.62. The Morgan fingerprint density at radius 3 is 1.27 bits per heavy atom. The van der Waals surface area contributed by atoms with Gasteiger partial charge in [0.05, 0.1) is 40.3 Å². The van der Waals surface area contributed by atoms with Crippen LogP contribution in [0, 0.1) is 0 Å². The molecule has 9 nitrogen and oxygen atoms in total. The molecule has 0 N–H and O–H groups in total. The first-order chi connectivity index (χ1) is 30.6. The normalized spacial score (nSPS) is 13.0. The van der Waals surface area contributed by atoms with Crippen molar-refractivity contribution in [2.75, 3.05) is 47.5 Å². The fourth-order valence-electron chi connectivity index (χ4n) is 7.57. The number of likely N-dealkylation sites (N-methyl/N-ethyl adjacent to an activating group) is 1. The molecule has 0 radical (unpaired) electrons. The molecule has 2 atom stereocenters. The molecule has 0 aliphatic carbocycles. The number of carbonyl (C=O) groups is 3. The van der Waals surface area contributed by atoms with E-state index in [-0.39, 0.29) is 32.2 Å². The summed E-state index contributed by atoms with van der Waals surface area (Å²) in [6, 6.07) is 0. The number of allylic oxidation sites excluding steroid dienone is 4. The molecule has 2 unspecified atom stereocenters. The predicted octanol–water partition coefficient (Wildman–Crippen LogP) is 13.5. The highest BCUT2D eigenvalue weighted by Crippen LogP contribution is 2.16. The molecule has 0 rings (SSSR count). The lowest BCUT2D eigenvalue weighted by atomic mass is 10.0. The van der Waals surface area contributed by atoms with Crippen LogP contribution in [0.5, 0.6) is 0 Å². The van der Waals surface area contributed by atoms with Crippen molar-refractivity contribution in [1.29, 1.82) is 0 Å². The van der Waals surface area contributed by atoms with Gasteiger partial charge in [-0.15, -0.1) is 0 Å². The second kappa shape index (κ2) is 46.3. The summed E-state index contributed by atoms with van der Waals surface area (Å²) in [7, 11) is 5.92. The lowest BCUT2D eigenvalue weighted by Gasteiger charge is -2.26. The Balaban J connectivity index is 4.30. The number of aliphatic carboxylic acids is 1. The Kier molecular flexibility index (Phi) is 44.7. The summed E-state index contributed by atoms with van der Waals surface area (Å²) in [4.78, 5) is 37.2. The monoisotopic (exact) mass is 892 g/mol. The summed E-state index contributed by atoms with van der Waals surface area (Å²) in [5, 5.41) is 11.7. The van der Waals surface area contributed by atoms with E-state index in [4.69, 9.17) is 18.9 Å². The maximum atomic E-state index is 12.8. The Labute approximate surface area is 388 Å². The van der Waals surface area contributed by atoms with Crippen LogP contribution in [0.1, 0.15) is 245 Å². The van der Waals surface area contributed by atoms with Crippen molar-refractivity contribution in [1.82, 2.24) is 0 Å². The number of hydrogen-bond acceptors (Lipinski definition) is 8. The molecular weight excluding hydrogens is 791 g/mol. The van der Waals surface area contributed by atoms with Crippen molar-refractivity contribution in [3.63, 3.8) is 0 Å². The van der Waals surface area contributed by atoms with Crippen LogP contribution in [-0.4, -0.2) is 82.3 Å². The maximum Gasteiger partial charge on any atom is 0.306 e. The number of ether oxygens (including phenoxy) is 4. The Morgan fingerprint density at radius 1 is 0.476 bits per heavy atom. The summed E-state index contributed by atoms with van der Waals surface area (Å²) < 4.78 is 22.7. The van der Waals surface area contributed by atoms with Crippen molar-refractivity contribution in [2.24, 2.45) is 0 Å². The van der Waals surface area contributed by atoms with Gasteiger partial charge in [0.1, 0.15) is 13.2 Å². The van der Waals surface area contributed by atoms with E-state index in [9.17, 15) is 19.5 Å². The van der Waals surface area contributed by atoms with Gasteiger partial charge in [-0.1, -0.05) is 212 Å². The molecule has 0 amide bonds. The lowest BCUT2D eigenvalue weighted by molar-refractivity contribution is -0.870. The summed E-state index contributed by atoms with van der Waals surface area (Å²) in [6.45, 7) is 4.75. The Morgan fingerprint density at radius 2 is 0.857 bits per heavy atom. The number of quaternary nitrogens is 1. The van der Waals surface area contributed by atoms with Crippen molar-refractivity contribution < 1.29 is 42.9 Å². The number of esters is 2. The second-order valence-electron chi connectivity index (χ2n) is 19.2. The van der Waals surface area contributed by atoms with E-state index in [1.807, 2.05) is 21.1 Å². The van der Waals surface area contributed by atoms with E-state index < -0.39 is 24.3 Å². The summed E-state index contributed by atoms with van der Waals surface area (Å²) >= 11 is 0. The standard InChI is InChI=1S/C54H101NO8/c1-6-8-10-12-14-16-18-20-22-24-26-27-29-30-32-34-36-38-40-42-44-51(56)61-48-50(49-62-54(53(58)59)60-47-46-55(3,4)5)63-52(57)45-43-41-39-37-35-33-31-28-25-23-21-19-17-15-13-11-9-7-2/h17,19,23,25,50,54H,6-16,18,20-22,24,26-49H2,1-5H3/b19-17-,25-23-. The van der Waals surface area contributed by atoms with Crippen LogP contribution in [0.4, 0.5) is 0 Å². The molecule has 0 saturated heterocycles. The summed E-state index contributed by atoms with van der Waals surface area (Å²) in [5.41, 5.74) is 0. The highest BCUT2D eigenvalue weighted by Gasteiger charge is 2.22. The van der Waals surface area contributed by atoms with E-state index in [0.29, 0.717) is 23.9 Å². The lowest BCUT2D eigenvalue weighted by Crippen LogP contribution is -2.44. The molecule has 0 heterocycles. The average molecular weight is 892 g/mol. The number of unbranched alkanes of at least 4 members (excludes halogenated alkanes) is 30. The van der Waals surface area contributed by atoms with Gasteiger partial charge < -0.3 is 33.3 Å². The summed E-state index contributed by atoms with van der Waals surface area (Å²) in [5.74, 6) is -2.28. The molecular formula is C54H101NO8. The van der Waals surface area contributed by atoms with Crippen LogP contribution in [0.2, 0.25) is 0 Å². The zero-order valence-electron chi connectivity index (χ0n) is 42.0. The molecule has 0 fully saturated rings. The van der Waals surface area contributed by atoms with Gasteiger partial charge in [-0.25, -0.2) is 0 Å². The van der Waals surface area contributed by atoms with Gasteiger partial charge in [-0.05, 0) is 44.9 Å². The molecule has 0 aromatic carbocycles. The van der Waals surface area contributed by atoms with Crippen molar-refractivity contribution in [3.05, 3.63) is 24.3 Å². The van der Waals surface area contributed by atoms with E-state index >= 15 is 0 Å². The average Bonchev–Trinajstić information content (AvgIpc) is 3.24. The quantitative estimate of drug-likeness (QED) is 0.0195. The zero-order chi connectivity index (χ0) is 46.3. The minimum Gasteiger partial charge on any atom is -0.545 e. The van der Waals surface area contributed by atoms with Crippen LogP contribution in [0.25, 0.3) is 0 Å². The highest BCUT2D eigenvalue weighted by molar-refractivity contribution is 5.70. The third-order valence-electron chi connectivity index (χ3n) is 11.7. The van der Waals surface area contributed by atoms with Gasteiger partial charge >= 0.3 is 11.9 Å². The number of carboxylic acids is 1. The first-order valence-corrected chi connectivity index (χ1v) is 26.5. The van der Waals surface area contributed by atoms with Crippen LogP contribution in [0.15, 0.2) is 24.3 Å². The maximum absolute atomic E-state index is 12.8. The molecule has 0 aliphatic heterocycles. The number of carboxylic acid groups (broad SMARTS) is 1. The van der Waals surface area contributed by atoms with E-state index in [1.54, 1.807) is 0 Å². The molecule has 0 aliphatic rings. The number of carbonyl (C=O) groups excluding carboxylic acids is 3. The number of nitrogens with zero attached hydrogens (tertiary/aromatic N) is 1. The van der Waals surface area contributed by atoms with Gasteiger partial charge in [0.2, 0.25) is 0 Å².